The van der Waals surface area contributed by atoms with Gasteiger partial charge in [0.05, 0.1) is 0 Å². The molecule has 0 aromatic heterocycles. The zero-order valence-corrected chi connectivity index (χ0v) is 25.5. The zero-order valence-electron chi connectivity index (χ0n) is 25.5. The van der Waals surface area contributed by atoms with E-state index in [0.717, 1.165) is 32.1 Å². The van der Waals surface area contributed by atoms with Crippen molar-refractivity contribution in [1.82, 2.24) is 10.6 Å². The highest BCUT2D eigenvalue weighted by Crippen LogP contribution is 2.13. The van der Waals surface area contributed by atoms with Gasteiger partial charge in [-0.25, -0.2) is 4.79 Å². The van der Waals surface area contributed by atoms with E-state index in [1.165, 1.54) is 64.2 Å². The molecule has 0 aliphatic heterocycles. The van der Waals surface area contributed by atoms with E-state index in [4.69, 9.17) is 5.73 Å². The van der Waals surface area contributed by atoms with Crippen LogP contribution in [-0.2, 0) is 19.2 Å². The number of rotatable bonds is 28. The second kappa shape index (κ2) is 27.0. The maximum absolute atomic E-state index is 12.2. The number of carbonyl (C=O) groups excluding carboxylic acids is 3. The summed E-state index contributed by atoms with van der Waals surface area (Å²) in [5, 5.41) is 14.8. The largest absolute Gasteiger partial charge is 0.480 e. The van der Waals surface area contributed by atoms with Crippen molar-refractivity contribution < 1.29 is 24.3 Å². The highest BCUT2D eigenvalue weighted by molar-refractivity contribution is 5.84. The number of nitrogens with one attached hydrogen (secondary N) is 2. The fourth-order valence-electron chi connectivity index (χ4n) is 4.75. The number of carboxylic acids is 1. The molecule has 0 aromatic rings. The summed E-state index contributed by atoms with van der Waals surface area (Å²) in [6, 6.07) is -1.06. The van der Waals surface area contributed by atoms with Crippen LogP contribution in [-0.4, -0.2) is 47.8 Å². The van der Waals surface area contributed by atoms with Crippen LogP contribution in [0.25, 0.3) is 0 Å². The summed E-state index contributed by atoms with van der Waals surface area (Å²) >= 11 is 0. The highest BCUT2D eigenvalue weighted by Gasteiger charge is 2.21. The molecule has 8 nitrogen and oxygen atoms in total. The van der Waals surface area contributed by atoms with E-state index in [2.05, 4.69) is 17.6 Å². The van der Waals surface area contributed by atoms with Crippen LogP contribution in [0.4, 0.5) is 0 Å². The topological polar surface area (TPSA) is 139 Å². The van der Waals surface area contributed by atoms with Gasteiger partial charge in [0.1, 0.15) is 11.8 Å². The van der Waals surface area contributed by atoms with Crippen molar-refractivity contribution in [3.8, 4) is 0 Å². The van der Waals surface area contributed by atoms with E-state index in [-0.39, 0.29) is 36.4 Å². The molecule has 2 atom stereocenters. The number of unbranched alkanes of at least 4 members (excludes halogenated alkanes) is 13. The van der Waals surface area contributed by atoms with Crippen LogP contribution < -0.4 is 16.4 Å². The van der Waals surface area contributed by atoms with Crippen LogP contribution >= 0.6 is 0 Å². The predicted molar refractivity (Wildman–Crippen MR) is 163 cm³/mol. The van der Waals surface area contributed by atoms with Gasteiger partial charge >= 0.3 is 5.97 Å². The monoisotopic (exact) mass is 565 g/mol. The number of amides is 2. The summed E-state index contributed by atoms with van der Waals surface area (Å²) in [6.07, 6.45) is 22.6. The fourth-order valence-corrected chi connectivity index (χ4v) is 4.75. The molecular weight excluding hydrogens is 506 g/mol. The predicted octanol–water partition coefficient (Wildman–Crippen LogP) is 6.21. The molecule has 40 heavy (non-hydrogen) atoms. The van der Waals surface area contributed by atoms with Crippen LogP contribution in [0, 0.1) is 5.92 Å². The number of carboxylic acid groups (broad SMARTS) is 1. The Bertz CT molecular complexity index is 711. The number of aliphatic carboxylic acids is 1. The van der Waals surface area contributed by atoms with E-state index in [0.29, 0.717) is 32.4 Å². The number of allylic oxidation sites excluding steroid dienone is 2. The third-order valence-electron chi connectivity index (χ3n) is 7.40. The number of nitrogens with two attached hydrogens (primary N) is 1. The van der Waals surface area contributed by atoms with Gasteiger partial charge in [-0.15, -0.1) is 0 Å². The second-order valence-electron chi connectivity index (χ2n) is 11.0. The van der Waals surface area contributed by atoms with Crippen LogP contribution in [0.15, 0.2) is 12.2 Å². The van der Waals surface area contributed by atoms with Gasteiger partial charge in [0.2, 0.25) is 11.8 Å². The summed E-state index contributed by atoms with van der Waals surface area (Å²) in [7, 11) is 0. The number of hydrogen-bond donors (Lipinski definition) is 4. The molecule has 0 aliphatic rings. The molecule has 0 spiro atoms. The minimum atomic E-state index is -1.12. The van der Waals surface area contributed by atoms with Crippen molar-refractivity contribution in [1.29, 1.82) is 0 Å². The Morgan fingerprint density at radius 3 is 1.85 bits per heavy atom. The van der Waals surface area contributed by atoms with E-state index in [1.54, 1.807) is 0 Å². The number of hydrogen-bond acceptors (Lipinski definition) is 5. The second-order valence-corrected chi connectivity index (χ2v) is 11.0. The lowest BCUT2D eigenvalue weighted by Gasteiger charge is -2.15. The molecule has 1 unspecified atom stereocenters. The molecule has 0 radical (unpaired) electrons. The van der Waals surface area contributed by atoms with Crippen molar-refractivity contribution >= 4 is 23.6 Å². The van der Waals surface area contributed by atoms with Crippen molar-refractivity contribution in [3.05, 3.63) is 12.2 Å². The number of Topliss-reactive ketones (excluding diaryl/α,β-unsaturated/α-hetero) is 1. The first-order valence-electron chi connectivity index (χ1n) is 16.0. The van der Waals surface area contributed by atoms with Crippen molar-refractivity contribution in [2.45, 2.75) is 148 Å². The van der Waals surface area contributed by atoms with E-state index >= 15 is 0 Å². The highest BCUT2D eigenvalue weighted by atomic mass is 16.4. The van der Waals surface area contributed by atoms with Crippen molar-refractivity contribution in [2.24, 2.45) is 11.7 Å². The molecule has 0 aromatic carbocycles. The number of ketones is 1. The normalized spacial score (nSPS) is 12.8. The summed E-state index contributed by atoms with van der Waals surface area (Å²) in [5.74, 6) is -1.65. The Hall–Kier alpha value is -2.22. The molecule has 0 fully saturated rings. The summed E-state index contributed by atoms with van der Waals surface area (Å²) in [6.45, 7) is 4.90. The molecule has 0 bridgehead atoms. The molecule has 0 aliphatic carbocycles. The molecule has 0 saturated carbocycles. The Labute approximate surface area is 243 Å². The maximum atomic E-state index is 12.2. The van der Waals surface area contributed by atoms with Crippen LogP contribution in [0.2, 0.25) is 0 Å². The minimum Gasteiger partial charge on any atom is -0.480 e. The molecule has 0 saturated heterocycles. The molecular formula is C32H59N3O5. The fraction of sp³-hybridized carbons (Fsp3) is 0.812. The third-order valence-corrected chi connectivity index (χ3v) is 7.40. The lowest BCUT2D eigenvalue weighted by atomic mass is 9.95. The SMILES string of the molecule is CC=CCC(=O)[C@@H](CN)CCCCNC(=O)CCC(NC(=O)CCCCCCCCCCCCCCC)C(=O)O. The quantitative estimate of drug-likeness (QED) is 0.0657. The summed E-state index contributed by atoms with van der Waals surface area (Å²) in [4.78, 5) is 48.0. The Morgan fingerprint density at radius 1 is 0.750 bits per heavy atom. The van der Waals surface area contributed by atoms with Gasteiger partial charge < -0.3 is 21.5 Å². The van der Waals surface area contributed by atoms with E-state index in [1.807, 2.05) is 19.1 Å². The van der Waals surface area contributed by atoms with Crippen molar-refractivity contribution in [3.63, 3.8) is 0 Å². The molecule has 232 valence electrons. The Balaban J connectivity index is 3.90. The average Bonchev–Trinajstić information content (AvgIpc) is 2.93. The van der Waals surface area contributed by atoms with Gasteiger partial charge in [-0.05, 0) is 32.6 Å². The van der Waals surface area contributed by atoms with Gasteiger partial charge in [0.15, 0.2) is 0 Å². The third kappa shape index (κ3) is 22.6. The minimum absolute atomic E-state index is 0.0310. The maximum Gasteiger partial charge on any atom is 0.326 e. The van der Waals surface area contributed by atoms with Gasteiger partial charge in [0, 0.05) is 38.3 Å². The summed E-state index contributed by atoms with van der Waals surface area (Å²) in [5.41, 5.74) is 5.72. The standard InChI is InChI=1S/C32H59N3O5/c1-3-5-7-8-9-10-11-12-13-14-15-16-17-22-31(38)35-28(32(39)40)23-24-30(37)34-25-19-18-20-27(26-33)29(36)21-6-4-2/h4,6,27-28H,3,5,7-26,33H2,1-2H3,(H,34,37)(H,35,38)(H,39,40)/t27-,28?/m1/s1. The first kappa shape index (κ1) is 37.8. The zero-order chi connectivity index (χ0) is 29.8. The van der Waals surface area contributed by atoms with E-state index in [9.17, 15) is 24.3 Å². The molecule has 2 amide bonds. The van der Waals surface area contributed by atoms with Crippen LogP contribution in [0.3, 0.4) is 0 Å². The molecule has 5 N–H and O–H groups in total. The first-order chi connectivity index (χ1) is 19.3. The lowest BCUT2D eigenvalue weighted by molar-refractivity contribution is -0.142. The molecule has 0 rings (SSSR count). The Morgan fingerprint density at radius 2 is 1.32 bits per heavy atom. The van der Waals surface area contributed by atoms with Crippen molar-refractivity contribution in [2.75, 3.05) is 13.1 Å². The Kier molecular flexibility index (Phi) is 25.5. The van der Waals surface area contributed by atoms with Gasteiger partial charge in [-0.2, -0.15) is 0 Å². The molecule has 8 heteroatoms. The number of carbonyl (C=O) groups is 4. The van der Waals surface area contributed by atoms with Crippen LogP contribution in [0.1, 0.15) is 142 Å². The lowest BCUT2D eigenvalue weighted by Crippen LogP contribution is -2.41. The average molecular weight is 566 g/mol. The summed E-state index contributed by atoms with van der Waals surface area (Å²) < 4.78 is 0. The van der Waals surface area contributed by atoms with E-state index < -0.39 is 12.0 Å². The van der Waals surface area contributed by atoms with Gasteiger partial charge in [0.25, 0.3) is 0 Å². The van der Waals surface area contributed by atoms with Gasteiger partial charge in [-0.1, -0.05) is 103 Å². The smallest absolute Gasteiger partial charge is 0.326 e. The molecule has 0 heterocycles. The first-order valence-corrected chi connectivity index (χ1v) is 16.0. The van der Waals surface area contributed by atoms with Gasteiger partial charge in [-0.3, -0.25) is 14.4 Å². The van der Waals surface area contributed by atoms with Crippen LogP contribution in [0.5, 0.6) is 0 Å².